The summed E-state index contributed by atoms with van der Waals surface area (Å²) in [5.74, 6) is 0. The molecule has 0 saturated heterocycles. The molecule has 2 N–H and O–H groups in total. The first-order valence-corrected chi connectivity index (χ1v) is 2.82. The van der Waals surface area contributed by atoms with Crippen LogP contribution >= 0.6 is 0 Å². The molecular weight excluding hydrogens is 98.1 g/mol. The van der Waals surface area contributed by atoms with Crippen LogP contribution in [-0.2, 0) is 11.0 Å². The Kier molecular flexibility index (Phi) is 2.98. The maximum atomic E-state index is 9.85. The number of nitrogens with two attached hydrogens (primary N) is 1. The maximum Gasteiger partial charge on any atom is 0.114 e. The average Bonchev–Trinajstić information content (AvgIpc) is 1.35. The van der Waals surface area contributed by atoms with Gasteiger partial charge >= 0.3 is 0 Å². The molecule has 0 aromatic carbocycles. The van der Waals surface area contributed by atoms with E-state index in [1.54, 1.807) is 13.0 Å². The highest BCUT2D eigenvalue weighted by Gasteiger charge is 1.69. The molecular formula is C3H7NOS. The van der Waals surface area contributed by atoms with E-state index >= 15 is 0 Å². The zero-order chi connectivity index (χ0) is 4.99. The Bertz CT molecular complexity index is 78.9. The first kappa shape index (κ1) is 5.85. The molecule has 6 heavy (non-hydrogen) atoms. The molecule has 0 amide bonds. The van der Waals surface area contributed by atoms with Gasteiger partial charge in [0, 0.05) is 5.41 Å². The van der Waals surface area contributed by atoms with E-state index in [4.69, 9.17) is 5.14 Å². The van der Waals surface area contributed by atoms with Gasteiger partial charge in [-0.2, -0.15) is 0 Å². The summed E-state index contributed by atoms with van der Waals surface area (Å²) < 4.78 is 9.85. The van der Waals surface area contributed by atoms with E-state index in [0.717, 1.165) is 0 Å². The van der Waals surface area contributed by atoms with Gasteiger partial charge in [-0.25, -0.2) is 9.35 Å². The lowest BCUT2D eigenvalue weighted by Crippen LogP contribution is -1.95. The molecule has 0 fully saturated rings. The van der Waals surface area contributed by atoms with Crippen LogP contribution in [0.2, 0.25) is 0 Å². The minimum absolute atomic E-state index is 1.25. The summed E-state index contributed by atoms with van der Waals surface area (Å²) in [5, 5.41) is 6.20. The van der Waals surface area contributed by atoms with Gasteiger partial charge in [-0.1, -0.05) is 6.08 Å². The molecule has 0 radical (unpaired) electrons. The Hall–Kier alpha value is -0.150. The van der Waals surface area contributed by atoms with Crippen molar-refractivity contribution in [3.63, 3.8) is 0 Å². The fourth-order valence-corrected chi connectivity index (χ4v) is 0.402. The number of hydrogen-bond acceptors (Lipinski definition) is 1. The van der Waals surface area contributed by atoms with E-state index in [1.165, 1.54) is 5.41 Å². The molecule has 0 aromatic heterocycles. The molecule has 0 bridgehead atoms. The lowest BCUT2D eigenvalue weighted by Gasteiger charge is -1.71. The normalized spacial score (nSPS) is 15.7. The molecule has 36 valence electrons. The highest BCUT2D eigenvalue weighted by Crippen LogP contribution is 1.68. The van der Waals surface area contributed by atoms with Gasteiger partial charge in [0.15, 0.2) is 0 Å². The maximum absolute atomic E-state index is 9.85. The van der Waals surface area contributed by atoms with Crippen LogP contribution in [0, 0.1) is 0 Å². The van der Waals surface area contributed by atoms with Gasteiger partial charge in [0.1, 0.15) is 11.0 Å². The minimum atomic E-state index is -1.25. The van der Waals surface area contributed by atoms with Crippen molar-refractivity contribution in [1.82, 2.24) is 0 Å². The third kappa shape index (κ3) is 3.85. The van der Waals surface area contributed by atoms with Crippen molar-refractivity contribution in [2.75, 3.05) is 0 Å². The van der Waals surface area contributed by atoms with Crippen LogP contribution in [0.15, 0.2) is 11.5 Å². The highest BCUT2D eigenvalue weighted by molar-refractivity contribution is 7.85. The molecule has 0 heterocycles. The van der Waals surface area contributed by atoms with E-state index in [2.05, 4.69) is 0 Å². The van der Waals surface area contributed by atoms with Crippen LogP contribution in [0.25, 0.3) is 0 Å². The summed E-state index contributed by atoms with van der Waals surface area (Å²) in [4.78, 5) is 0. The monoisotopic (exact) mass is 105 g/mol. The second-order valence-electron chi connectivity index (χ2n) is 0.798. The van der Waals surface area contributed by atoms with Crippen LogP contribution in [0.3, 0.4) is 0 Å². The van der Waals surface area contributed by atoms with Crippen molar-refractivity contribution in [1.29, 1.82) is 0 Å². The fraction of sp³-hybridized carbons (Fsp3) is 0.333. The predicted octanol–water partition coefficient (Wildman–Crippen LogP) is 0.142. The first-order chi connectivity index (χ1) is 2.77. The van der Waals surface area contributed by atoms with Gasteiger partial charge in [-0.15, -0.1) is 0 Å². The molecule has 1 atom stereocenters. The standard InChI is InChI=1S/C3H7NOS/c1-2-3-6(4)5/h2-3H,4H2,1H3. The van der Waals surface area contributed by atoms with Crippen LogP contribution in [0.1, 0.15) is 6.92 Å². The Morgan fingerprint density at radius 2 is 2.33 bits per heavy atom. The summed E-state index contributed by atoms with van der Waals surface area (Å²) in [6, 6.07) is 0. The van der Waals surface area contributed by atoms with E-state index in [9.17, 15) is 4.21 Å². The van der Waals surface area contributed by atoms with Crippen molar-refractivity contribution >= 4 is 11.0 Å². The SMILES string of the molecule is CC=CS(N)=O. The second-order valence-corrected chi connectivity index (χ2v) is 1.73. The Morgan fingerprint density at radius 1 is 1.83 bits per heavy atom. The van der Waals surface area contributed by atoms with Gasteiger partial charge in [0.05, 0.1) is 0 Å². The summed E-state index contributed by atoms with van der Waals surface area (Å²) in [5.41, 5.74) is 0. The van der Waals surface area contributed by atoms with E-state index < -0.39 is 11.0 Å². The quantitative estimate of drug-likeness (QED) is 0.506. The molecule has 0 aromatic rings. The molecule has 1 unspecified atom stereocenters. The van der Waals surface area contributed by atoms with Crippen LogP contribution < -0.4 is 5.14 Å². The molecule has 0 aliphatic heterocycles. The Balaban J connectivity index is 3.30. The van der Waals surface area contributed by atoms with Gasteiger partial charge < -0.3 is 0 Å². The number of hydrogen-bond donors (Lipinski definition) is 1. The van der Waals surface area contributed by atoms with Gasteiger partial charge in [-0.3, -0.25) is 0 Å². The third-order valence-corrected chi connectivity index (χ3v) is 0.811. The van der Waals surface area contributed by atoms with Crippen molar-refractivity contribution in [2.24, 2.45) is 5.14 Å². The lowest BCUT2D eigenvalue weighted by molar-refractivity contribution is 0.689. The van der Waals surface area contributed by atoms with Crippen molar-refractivity contribution in [3.05, 3.63) is 11.5 Å². The zero-order valence-corrected chi connectivity index (χ0v) is 4.37. The molecule has 0 spiro atoms. The van der Waals surface area contributed by atoms with E-state index in [0.29, 0.717) is 0 Å². The van der Waals surface area contributed by atoms with Crippen molar-refractivity contribution in [3.8, 4) is 0 Å². The van der Waals surface area contributed by atoms with Crippen LogP contribution in [0.4, 0.5) is 0 Å². The first-order valence-electron chi connectivity index (χ1n) is 1.55. The molecule has 2 nitrogen and oxygen atoms in total. The summed E-state index contributed by atoms with van der Waals surface area (Å²) in [7, 11) is -1.25. The van der Waals surface area contributed by atoms with Crippen LogP contribution in [-0.4, -0.2) is 4.21 Å². The predicted molar refractivity (Wildman–Crippen MR) is 27.1 cm³/mol. The van der Waals surface area contributed by atoms with E-state index in [1.807, 2.05) is 0 Å². The smallest absolute Gasteiger partial charge is 0.114 e. The third-order valence-electron chi connectivity index (χ3n) is 0.270. The lowest BCUT2D eigenvalue weighted by atomic mass is 10.8. The molecule has 0 rings (SSSR count). The minimum Gasteiger partial charge on any atom is -0.248 e. The van der Waals surface area contributed by atoms with E-state index in [-0.39, 0.29) is 0 Å². The zero-order valence-electron chi connectivity index (χ0n) is 3.55. The molecule has 0 aliphatic rings. The fourth-order valence-electron chi connectivity index (χ4n) is 0.134. The summed E-state index contributed by atoms with van der Waals surface area (Å²) in [6.07, 6.45) is 1.65. The summed E-state index contributed by atoms with van der Waals surface area (Å²) in [6.45, 7) is 1.77. The topological polar surface area (TPSA) is 43.1 Å². The Labute approximate surface area is 39.6 Å². The summed E-state index contributed by atoms with van der Waals surface area (Å²) >= 11 is 0. The average molecular weight is 105 g/mol. The number of rotatable bonds is 1. The second kappa shape index (κ2) is 3.06. The number of allylic oxidation sites excluding steroid dienone is 1. The molecule has 0 aliphatic carbocycles. The van der Waals surface area contributed by atoms with Gasteiger partial charge in [-0.05, 0) is 6.92 Å². The van der Waals surface area contributed by atoms with Gasteiger partial charge in [0.2, 0.25) is 0 Å². The molecule has 3 heteroatoms. The van der Waals surface area contributed by atoms with Crippen LogP contribution in [0.5, 0.6) is 0 Å². The van der Waals surface area contributed by atoms with Crippen molar-refractivity contribution in [2.45, 2.75) is 6.92 Å². The highest BCUT2D eigenvalue weighted by atomic mass is 32.2. The molecule has 0 saturated carbocycles. The Morgan fingerprint density at radius 3 is 2.33 bits per heavy atom. The largest absolute Gasteiger partial charge is 0.248 e. The van der Waals surface area contributed by atoms with Crippen molar-refractivity contribution < 1.29 is 4.21 Å². The van der Waals surface area contributed by atoms with Gasteiger partial charge in [0.25, 0.3) is 0 Å².